The van der Waals surface area contributed by atoms with E-state index >= 15 is 0 Å². The van der Waals surface area contributed by atoms with E-state index in [-0.39, 0.29) is 11.8 Å². The quantitative estimate of drug-likeness (QED) is 0.613. The summed E-state index contributed by atoms with van der Waals surface area (Å²) in [4.78, 5) is 15.1. The molecular weight excluding hydrogens is 214 g/mol. The minimum atomic E-state index is -0.0920. The minimum absolute atomic E-state index is 0.00655. The third-order valence-electron chi connectivity index (χ3n) is 1.99. The van der Waals surface area contributed by atoms with Gasteiger partial charge in [-0.15, -0.1) is 11.6 Å². The van der Waals surface area contributed by atoms with Gasteiger partial charge in [0, 0.05) is 13.1 Å². The molecule has 0 aliphatic heterocycles. The van der Waals surface area contributed by atoms with Crippen LogP contribution in [0.5, 0.6) is 0 Å². The van der Waals surface area contributed by atoms with Crippen molar-refractivity contribution in [2.75, 3.05) is 39.6 Å². The molecule has 0 saturated heterocycles. The van der Waals surface area contributed by atoms with E-state index in [1.165, 1.54) is 0 Å². The van der Waals surface area contributed by atoms with Gasteiger partial charge in [0.25, 0.3) is 0 Å². The first-order valence-corrected chi connectivity index (χ1v) is 5.50. The molecule has 86 valence electrons. The Kier molecular flexibility index (Phi) is 8.06. The van der Waals surface area contributed by atoms with Crippen LogP contribution in [0.1, 0.15) is 12.8 Å². The lowest BCUT2D eigenvalue weighted by molar-refractivity contribution is -0.128. The van der Waals surface area contributed by atoms with Crippen LogP contribution in [-0.2, 0) is 4.79 Å². The highest BCUT2D eigenvalue weighted by Gasteiger charge is 2.11. The Morgan fingerprint density at radius 2 is 2.00 bits per heavy atom. The molecule has 0 aromatic carbocycles. The van der Waals surface area contributed by atoms with Crippen LogP contribution in [0.4, 0.5) is 0 Å². The molecule has 4 nitrogen and oxygen atoms in total. The number of hydrogen-bond acceptors (Lipinski definition) is 3. The highest BCUT2D eigenvalue weighted by molar-refractivity contribution is 6.27. The van der Waals surface area contributed by atoms with Gasteiger partial charge in [-0.3, -0.25) is 4.79 Å². The molecule has 0 aromatic heterocycles. The lowest BCUT2D eigenvalue weighted by atomic mass is 10.3. The molecule has 0 aliphatic carbocycles. The second-order valence-electron chi connectivity index (χ2n) is 3.58. The first-order valence-electron chi connectivity index (χ1n) is 4.97. The summed E-state index contributed by atoms with van der Waals surface area (Å²) in [5.41, 5.74) is 0. The SMILES string of the molecule is CN(C)CCCN(CCC#N)C(=O)CCl. The first kappa shape index (κ1) is 14.2. The van der Waals surface area contributed by atoms with E-state index in [0.29, 0.717) is 19.5 Å². The van der Waals surface area contributed by atoms with Gasteiger partial charge in [-0.1, -0.05) is 0 Å². The summed E-state index contributed by atoms with van der Waals surface area (Å²) in [5.74, 6) is -0.0985. The zero-order valence-corrected chi connectivity index (χ0v) is 10.1. The van der Waals surface area contributed by atoms with Crippen LogP contribution in [-0.4, -0.2) is 55.3 Å². The zero-order valence-electron chi connectivity index (χ0n) is 9.37. The number of amides is 1. The second kappa shape index (κ2) is 8.51. The maximum Gasteiger partial charge on any atom is 0.237 e. The van der Waals surface area contributed by atoms with Gasteiger partial charge in [-0.05, 0) is 27.1 Å². The Labute approximate surface area is 96.4 Å². The van der Waals surface area contributed by atoms with E-state index in [2.05, 4.69) is 4.90 Å². The molecule has 0 aromatic rings. The lowest BCUT2D eigenvalue weighted by Gasteiger charge is -2.21. The zero-order chi connectivity index (χ0) is 11.7. The minimum Gasteiger partial charge on any atom is -0.341 e. The maximum absolute atomic E-state index is 11.4. The van der Waals surface area contributed by atoms with Crippen LogP contribution in [0.15, 0.2) is 0 Å². The van der Waals surface area contributed by atoms with Gasteiger partial charge >= 0.3 is 0 Å². The smallest absolute Gasteiger partial charge is 0.237 e. The van der Waals surface area contributed by atoms with Crippen molar-refractivity contribution in [3.8, 4) is 6.07 Å². The normalized spacial score (nSPS) is 10.1. The fourth-order valence-corrected chi connectivity index (χ4v) is 1.38. The summed E-state index contributed by atoms with van der Waals surface area (Å²) >= 11 is 5.48. The number of halogens is 1. The van der Waals surface area contributed by atoms with Gasteiger partial charge in [0.1, 0.15) is 5.88 Å². The summed E-state index contributed by atoms with van der Waals surface area (Å²) in [6.45, 7) is 2.08. The predicted octanol–water partition coefficient (Wildman–Crippen LogP) is 0.919. The largest absolute Gasteiger partial charge is 0.341 e. The monoisotopic (exact) mass is 231 g/mol. The van der Waals surface area contributed by atoms with Gasteiger partial charge in [-0.25, -0.2) is 0 Å². The number of alkyl halides is 1. The number of carbonyl (C=O) groups excluding carboxylic acids is 1. The number of nitriles is 1. The molecule has 1 amide bonds. The molecular formula is C10H18ClN3O. The van der Waals surface area contributed by atoms with Crippen molar-refractivity contribution in [3.05, 3.63) is 0 Å². The first-order chi connectivity index (χ1) is 7.11. The molecule has 0 fully saturated rings. The van der Waals surface area contributed by atoms with Gasteiger partial charge in [0.15, 0.2) is 0 Å². The molecule has 0 bridgehead atoms. The van der Waals surface area contributed by atoms with Crippen LogP contribution < -0.4 is 0 Å². The molecule has 0 spiro atoms. The van der Waals surface area contributed by atoms with Crippen molar-refractivity contribution in [3.63, 3.8) is 0 Å². The molecule has 5 heteroatoms. The average Bonchev–Trinajstić information content (AvgIpc) is 2.21. The highest BCUT2D eigenvalue weighted by Crippen LogP contribution is 1.97. The van der Waals surface area contributed by atoms with Crippen molar-refractivity contribution in [1.82, 2.24) is 9.80 Å². The molecule has 0 radical (unpaired) electrons. The number of nitrogens with zero attached hydrogens (tertiary/aromatic N) is 3. The predicted molar refractivity (Wildman–Crippen MR) is 60.7 cm³/mol. The topological polar surface area (TPSA) is 47.3 Å². The average molecular weight is 232 g/mol. The molecule has 0 N–H and O–H groups in total. The Hall–Kier alpha value is -0.790. The molecule has 0 atom stereocenters. The Balaban J connectivity index is 3.91. The van der Waals surface area contributed by atoms with Crippen molar-refractivity contribution >= 4 is 17.5 Å². The standard InChI is InChI=1S/C10H18ClN3O/c1-13(2)6-4-8-14(7-3-5-12)10(15)9-11/h3-4,6-9H2,1-2H3. The van der Waals surface area contributed by atoms with Gasteiger partial charge in [0.2, 0.25) is 5.91 Å². The summed E-state index contributed by atoms with van der Waals surface area (Å²) < 4.78 is 0. The Morgan fingerprint density at radius 1 is 1.33 bits per heavy atom. The molecule has 0 saturated carbocycles. The van der Waals surface area contributed by atoms with Crippen LogP contribution in [0.2, 0.25) is 0 Å². The van der Waals surface area contributed by atoms with E-state index in [1.54, 1.807) is 4.90 Å². The van der Waals surface area contributed by atoms with E-state index < -0.39 is 0 Å². The third kappa shape index (κ3) is 7.18. The Morgan fingerprint density at radius 3 is 2.47 bits per heavy atom. The van der Waals surface area contributed by atoms with Gasteiger partial charge in [-0.2, -0.15) is 5.26 Å². The molecule has 0 unspecified atom stereocenters. The van der Waals surface area contributed by atoms with Crippen molar-refractivity contribution in [2.45, 2.75) is 12.8 Å². The third-order valence-corrected chi connectivity index (χ3v) is 2.22. The number of carbonyl (C=O) groups is 1. The van der Waals surface area contributed by atoms with Crippen molar-refractivity contribution in [1.29, 1.82) is 5.26 Å². The second-order valence-corrected chi connectivity index (χ2v) is 3.85. The summed E-state index contributed by atoms with van der Waals surface area (Å²) in [7, 11) is 3.98. The Bertz CT molecular complexity index is 225. The van der Waals surface area contributed by atoms with E-state index in [4.69, 9.17) is 16.9 Å². The van der Waals surface area contributed by atoms with Crippen LogP contribution in [0.3, 0.4) is 0 Å². The maximum atomic E-state index is 11.4. The molecule has 0 heterocycles. The van der Waals surface area contributed by atoms with E-state index in [0.717, 1.165) is 13.0 Å². The lowest BCUT2D eigenvalue weighted by Crippen LogP contribution is -2.35. The van der Waals surface area contributed by atoms with Crippen molar-refractivity contribution < 1.29 is 4.79 Å². The molecule has 0 rings (SSSR count). The number of rotatable bonds is 7. The van der Waals surface area contributed by atoms with Crippen LogP contribution in [0, 0.1) is 11.3 Å². The van der Waals surface area contributed by atoms with E-state index in [9.17, 15) is 4.79 Å². The fraction of sp³-hybridized carbons (Fsp3) is 0.800. The summed E-state index contributed by atoms with van der Waals surface area (Å²) in [6.07, 6.45) is 1.27. The van der Waals surface area contributed by atoms with Gasteiger partial charge < -0.3 is 9.80 Å². The van der Waals surface area contributed by atoms with Gasteiger partial charge in [0.05, 0.1) is 12.5 Å². The fourth-order valence-electron chi connectivity index (χ4n) is 1.21. The van der Waals surface area contributed by atoms with Crippen LogP contribution in [0.25, 0.3) is 0 Å². The van der Waals surface area contributed by atoms with Crippen molar-refractivity contribution in [2.24, 2.45) is 0 Å². The van der Waals surface area contributed by atoms with Crippen LogP contribution >= 0.6 is 11.6 Å². The summed E-state index contributed by atoms with van der Waals surface area (Å²) in [6, 6.07) is 2.03. The highest BCUT2D eigenvalue weighted by atomic mass is 35.5. The summed E-state index contributed by atoms with van der Waals surface area (Å²) in [5, 5.41) is 8.45. The number of hydrogen-bond donors (Lipinski definition) is 0. The van der Waals surface area contributed by atoms with E-state index in [1.807, 2.05) is 20.2 Å². The molecule has 15 heavy (non-hydrogen) atoms. The molecule has 0 aliphatic rings.